The van der Waals surface area contributed by atoms with Gasteiger partial charge >= 0.3 is 11.9 Å². The molecule has 0 spiro atoms. The Kier molecular flexibility index (Phi) is 15.9. The minimum Gasteiger partial charge on any atom is -0.481 e. The van der Waals surface area contributed by atoms with Crippen LogP contribution in [0.4, 0.5) is 0 Å². The average molecular weight is 275 g/mol. The fraction of sp³-hybridized carbons (Fsp3) is 0.857. The second-order valence-corrected chi connectivity index (χ2v) is 4.39. The number of hydrogen-bond donors (Lipinski definition) is 2. The predicted molar refractivity (Wildman–Crippen MR) is 75.9 cm³/mol. The van der Waals surface area contributed by atoms with Gasteiger partial charge in [-0.3, -0.25) is 9.59 Å². The van der Waals surface area contributed by atoms with E-state index in [9.17, 15) is 9.59 Å². The van der Waals surface area contributed by atoms with Crippen LogP contribution in [0.2, 0.25) is 0 Å². The zero-order valence-corrected chi connectivity index (χ0v) is 12.5. The minimum absolute atomic E-state index is 0.164. The Morgan fingerprint density at radius 1 is 1.26 bits per heavy atom. The highest BCUT2D eigenvalue weighted by Gasteiger charge is 2.08. The number of esters is 1. The molecule has 5 nitrogen and oxygen atoms in total. The molecule has 0 aromatic carbocycles. The molecule has 0 heterocycles. The summed E-state index contributed by atoms with van der Waals surface area (Å²) >= 11 is 0. The fourth-order valence-electron chi connectivity index (χ4n) is 1.30. The van der Waals surface area contributed by atoms with Crippen molar-refractivity contribution in [3.05, 3.63) is 0 Å². The highest BCUT2D eigenvalue weighted by Crippen LogP contribution is 2.12. The molecule has 5 heteroatoms. The van der Waals surface area contributed by atoms with Gasteiger partial charge in [0, 0.05) is 13.0 Å². The molecule has 0 aromatic heterocycles. The van der Waals surface area contributed by atoms with E-state index in [0.717, 1.165) is 12.8 Å². The summed E-state index contributed by atoms with van der Waals surface area (Å²) in [5.74, 6) is -0.385. The van der Waals surface area contributed by atoms with Crippen molar-refractivity contribution in [2.45, 2.75) is 59.3 Å². The quantitative estimate of drug-likeness (QED) is 0.631. The van der Waals surface area contributed by atoms with E-state index >= 15 is 0 Å². The van der Waals surface area contributed by atoms with Gasteiger partial charge in [0.1, 0.15) is 0 Å². The van der Waals surface area contributed by atoms with E-state index in [1.54, 1.807) is 6.92 Å². The van der Waals surface area contributed by atoms with Crippen LogP contribution in [-0.4, -0.2) is 30.2 Å². The number of aliphatic carboxylic acids is 1. The van der Waals surface area contributed by atoms with Gasteiger partial charge in [0.25, 0.3) is 0 Å². The predicted octanol–water partition coefficient (Wildman–Crippen LogP) is 2.58. The molecule has 19 heavy (non-hydrogen) atoms. The Morgan fingerprint density at radius 3 is 2.21 bits per heavy atom. The number of hydrogen-bond acceptors (Lipinski definition) is 4. The van der Waals surface area contributed by atoms with E-state index in [0.29, 0.717) is 25.5 Å². The van der Waals surface area contributed by atoms with E-state index in [4.69, 9.17) is 15.6 Å². The van der Waals surface area contributed by atoms with Gasteiger partial charge in [-0.1, -0.05) is 40.0 Å². The molecule has 1 unspecified atom stereocenters. The maximum atomic E-state index is 11.0. The molecule has 0 aliphatic rings. The monoisotopic (exact) mass is 275 g/mol. The number of carbonyl (C=O) groups is 2. The molecule has 0 saturated carbocycles. The second-order valence-electron chi connectivity index (χ2n) is 4.39. The van der Waals surface area contributed by atoms with Gasteiger partial charge < -0.3 is 15.6 Å². The minimum atomic E-state index is -0.745. The van der Waals surface area contributed by atoms with Crippen molar-refractivity contribution in [1.82, 2.24) is 0 Å². The molecule has 0 aliphatic carbocycles. The number of carboxylic acids is 1. The maximum absolute atomic E-state index is 11.0. The van der Waals surface area contributed by atoms with E-state index in [1.807, 2.05) is 0 Å². The molecule has 114 valence electrons. The normalized spacial score (nSPS) is 11.2. The van der Waals surface area contributed by atoms with Crippen molar-refractivity contribution >= 4 is 11.9 Å². The first-order valence-electron chi connectivity index (χ1n) is 7.09. The number of nitrogens with two attached hydrogens (primary N) is 1. The van der Waals surface area contributed by atoms with Crippen molar-refractivity contribution in [2.24, 2.45) is 11.7 Å². The van der Waals surface area contributed by atoms with Crippen LogP contribution in [0.5, 0.6) is 0 Å². The summed E-state index contributed by atoms with van der Waals surface area (Å²) < 4.78 is 5.11. The van der Waals surface area contributed by atoms with Gasteiger partial charge in [-0.05, 0) is 12.3 Å². The number of rotatable bonds is 9. The van der Waals surface area contributed by atoms with Crippen molar-refractivity contribution in [3.8, 4) is 0 Å². The Morgan fingerprint density at radius 2 is 1.84 bits per heavy atom. The number of ether oxygens (including phenoxy) is 1. The molecular formula is C14H29NO4. The van der Waals surface area contributed by atoms with Crippen LogP contribution in [-0.2, 0) is 14.3 Å². The highest BCUT2D eigenvalue weighted by atomic mass is 16.5. The largest absolute Gasteiger partial charge is 0.481 e. The smallest absolute Gasteiger partial charge is 0.307 e. The van der Waals surface area contributed by atoms with Gasteiger partial charge in [-0.25, -0.2) is 0 Å². The first-order valence-corrected chi connectivity index (χ1v) is 7.09. The van der Waals surface area contributed by atoms with Crippen LogP contribution in [0.15, 0.2) is 0 Å². The molecule has 3 N–H and O–H groups in total. The molecule has 0 fully saturated rings. The third-order valence-corrected chi connectivity index (χ3v) is 2.67. The molecule has 0 radical (unpaired) electrons. The summed E-state index contributed by atoms with van der Waals surface area (Å²) in [6.07, 6.45) is 5.21. The van der Waals surface area contributed by atoms with Gasteiger partial charge in [-0.2, -0.15) is 0 Å². The standard InChI is InChI=1S/C11H23NO2.C3H6O2/c1-3-5-6-10(4-2)9-14-11(13)7-8-12;1-2-3(4)5/h10H,3-9,12H2,1-2H3;2H2,1H3,(H,4,5). The van der Waals surface area contributed by atoms with Crippen LogP contribution in [0.25, 0.3) is 0 Å². The molecule has 0 bridgehead atoms. The van der Waals surface area contributed by atoms with Gasteiger partial charge in [0.15, 0.2) is 0 Å². The van der Waals surface area contributed by atoms with Gasteiger partial charge in [0.2, 0.25) is 0 Å². The summed E-state index contributed by atoms with van der Waals surface area (Å²) in [6, 6.07) is 0. The summed E-state index contributed by atoms with van der Waals surface area (Å²) in [5.41, 5.74) is 5.25. The van der Waals surface area contributed by atoms with Crippen molar-refractivity contribution in [2.75, 3.05) is 13.2 Å². The molecule has 0 aliphatic heterocycles. The molecule has 0 rings (SSSR count). The lowest BCUT2D eigenvalue weighted by Gasteiger charge is -2.14. The number of carboxylic acid groups (broad SMARTS) is 1. The lowest BCUT2D eigenvalue weighted by atomic mass is 10.0. The molecule has 0 saturated heterocycles. The number of unbranched alkanes of at least 4 members (excludes halogenated alkanes) is 1. The summed E-state index contributed by atoms with van der Waals surface area (Å²) in [7, 11) is 0. The van der Waals surface area contributed by atoms with Crippen LogP contribution in [0.3, 0.4) is 0 Å². The third kappa shape index (κ3) is 16.9. The first-order chi connectivity index (χ1) is 9.01. The highest BCUT2D eigenvalue weighted by molar-refractivity contribution is 5.69. The van der Waals surface area contributed by atoms with Crippen LogP contribution in [0.1, 0.15) is 59.3 Å². The van der Waals surface area contributed by atoms with E-state index in [2.05, 4.69) is 13.8 Å². The fourth-order valence-corrected chi connectivity index (χ4v) is 1.30. The Labute approximate surface area is 116 Å². The first kappa shape index (κ1) is 20.2. The van der Waals surface area contributed by atoms with Crippen molar-refractivity contribution < 1.29 is 19.4 Å². The maximum Gasteiger partial charge on any atom is 0.307 e. The number of carbonyl (C=O) groups excluding carboxylic acids is 1. The Hall–Kier alpha value is -1.10. The average Bonchev–Trinajstić information content (AvgIpc) is 2.40. The molecule has 0 aromatic rings. The zero-order chi connectivity index (χ0) is 15.1. The SMILES string of the molecule is CCC(=O)O.CCCCC(CC)COC(=O)CCN. The second kappa shape index (κ2) is 15.0. The Bertz CT molecular complexity index is 231. The lowest BCUT2D eigenvalue weighted by Crippen LogP contribution is -2.16. The lowest BCUT2D eigenvalue weighted by molar-refractivity contribution is -0.145. The summed E-state index contributed by atoms with van der Waals surface area (Å²) in [6.45, 7) is 6.85. The molecule has 1 atom stereocenters. The van der Waals surface area contributed by atoms with Crippen LogP contribution in [0, 0.1) is 5.92 Å². The topological polar surface area (TPSA) is 89.6 Å². The summed E-state index contributed by atoms with van der Waals surface area (Å²) in [4.78, 5) is 20.4. The van der Waals surface area contributed by atoms with E-state index in [-0.39, 0.29) is 12.4 Å². The Balaban J connectivity index is 0. The summed E-state index contributed by atoms with van der Waals surface area (Å²) in [5, 5.41) is 7.72. The van der Waals surface area contributed by atoms with Crippen molar-refractivity contribution in [1.29, 1.82) is 0 Å². The van der Waals surface area contributed by atoms with Crippen molar-refractivity contribution in [3.63, 3.8) is 0 Å². The molecular weight excluding hydrogens is 246 g/mol. The van der Waals surface area contributed by atoms with Crippen LogP contribution < -0.4 is 5.73 Å². The van der Waals surface area contributed by atoms with E-state index in [1.165, 1.54) is 12.8 Å². The van der Waals surface area contributed by atoms with Gasteiger partial charge in [0.05, 0.1) is 13.0 Å². The molecule has 0 amide bonds. The van der Waals surface area contributed by atoms with Gasteiger partial charge in [-0.15, -0.1) is 0 Å². The third-order valence-electron chi connectivity index (χ3n) is 2.67. The van der Waals surface area contributed by atoms with Crippen LogP contribution >= 0.6 is 0 Å². The van der Waals surface area contributed by atoms with E-state index < -0.39 is 5.97 Å². The zero-order valence-electron chi connectivity index (χ0n) is 12.5.